The molecule has 0 unspecified atom stereocenters. The van der Waals surface area contributed by atoms with E-state index in [1.807, 2.05) is 0 Å². The largest absolute Gasteiger partial charge is 0.481 e. The number of hydrogen-bond donors (Lipinski definition) is 4. The number of ether oxygens (including phenoxy) is 4. The highest BCUT2D eigenvalue weighted by Gasteiger charge is 2.15. The summed E-state index contributed by atoms with van der Waals surface area (Å²) in [7, 11) is 0. The summed E-state index contributed by atoms with van der Waals surface area (Å²) < 4.78 is 22.2. The third-order valence-electron chi connectivity index (χ3n) is 8.63. The molecule has 298 valence electrons. The molecule has 0 rings (SSSR count). The molecule has 0 aromatic heterocycles. The highest BCUT2D eigenvalue weighted by molar-refractivity contribution is 7.99. The highest BCUT2D eigenvalue weighted by Crippen LogP contribution is 2.12. The quantitative estimate of drug-likeness (QED) is 0.0466. The van der Waals surface area contributed by atoms with Crippen molar-refractivity contribution in [2.24, 2.45) is 5.73 Å². The number of unbranched alkanes of at least 4 members (excludes halogenated alkanes) is 18. The SMILES string of the molecule is CCCCCCCCCCCCN[C@H](COCCCCCCCCCCCC)CSC[C@H](N)C(=O)NCCOCCOCCOCCC(=O)O. The molecule has 0 aromatic rings. The molecule has 5 N–H and O–H groups in total. The van der Waals surface area contributed by atoms with Crippen molar-refractivity contribution in [2.75, 3.05) is 77.5 Å². The third kappa shape index (κ3) is 38.3. The smallest absolute Gasteiger partial charge is 0.305 e. The van der Waals surface area contributed by atoms with Crippen LogP contribution in [0.3, 0.4) is 0 Å². The zero-order valence-electron chi connectivity index (χ0n) is 32.4. The van der Waals surface area contributed by atoms with E-state index in [0.717, 1.165) is 25.3 Å². The number of carbonyl (C=O) groups is 2. The first-order valence-electron chi connectivity index (χ1n) is 20.4. The van der Waals surface area contributed by atoms with Crippen molar-refractivity contribution in [2.45, 2.75) is 161 Å². The van der Waals surface area contributed by atoms with Crippen molar-refractivity contribution in [1.82, 2.24) is 10.6 Å². The molecule has 0 spiro atoms. The van der Waals surface area contributed by atoms with Gasteiger partial charge in [0.2, 0.25) is 5.91 Å². The lowest BCUT2D eigenvalue weighted by Crippen LogP contribution is -2.44. The van der Waals surface area contributed by atoms with Gasteiger partial charge in [-0.05, 0) is 19.4 Å². The predicted octanol–water partition coefficient (Wildman–Crippen LogP) is 7.50. The second-order valence-electron chi connectivity index (χ2n) is 13.5. The minimum absolute atomic E-state index is 0.0111. The topological polar surface area (TPSA) is 141 Å². The number of aliphatic carboxylic acids is 1. The van der Waals surface area contributed by atoms with Gasteiger partial charge < -0.3 is 40.4 Å². The summed E-state index contributed by atoms with van der Waals surface area (Å²) in [4.78, 5) is 22.9. The van der Waals surface area contributed by atoms with Crippen molar-refractivity contribution < 1.29 is 33.6 Å². The van der Waals surface area contributed by atoms with Crippen LogP contribution in [-0.4, -0.2) is 107 Å². The molecular weight excluding hydrogens is 655 g/mol. The summed E-state index contributed by atoms with van der Waals surface area (Å²) >= 11 is 1.71. The molecule has 0 aromatic carbocycles. The summed E-state index contributed by atoms with van der Waals surface area (Å²) in [6, 6.07) is -0.316. The molecule has 2 atom stereocenters. The van der Waals surface area contributed by atoms with Crippen LogP contribution in [-0.2, 0) is 28.5 Å². The van der Waals surface area contributed by atoms with E-state index < -0.39 is 12.0 Å². The van der Waals surface area contributed by atoms with Crippen LogP contribution in [0.2, 0.25) is 0 Å². The number of carboxylic acid groups (broad SMARTS) is 1. The number of rotatable bonds is 42. The lowest BCUT2D eigenvalue weighted by Gasteiger charge is -2.20. The van der Waals surface area contributed by atoms with Gasteiger partial charge in [-0.15, -0.1) is 0 Å². The summed E-state index contributed by atoms with van der Waals surface area (Å²) in [5, 5.41) is 15.1. The van der Waals surface area contributed by atoms with Crippen molar-refractivity contribution >= 4 is 23.6 Å². The lowest BCUT2D eigenvalue weighted by molar-refractivity contribution is -0.138. The van der Waals surface area contributed by atoms with Crippen LogP contribution in [0.1, 0.15) is 149 Å². The predicted molar refractivity (Wildman–Crippen MR) is 209 cm³/mol. The van der Waals surface area contributed by atoms with Gasteiger partial charge in [-0.25, -0.2) is 0 Å². The van der Waals surface area contributed by atoms with E-state index in [1.54, 1.807) is 11.8 Å². The van der Waals surface area contributed by atoms with Gasteiger partial charge in [0, 0.05) is 30.7 Å². The number of hydrogen-bond acceptors (Lipinski definition) is 9. The van der Waals surface area contributed by atoms with E-state index in [-0.39, 0.29) is 25.0 Å². The van der Waals surface area contributed by atoms with Crippen molar-refractivity contribution in [3.63, 3.8) is 0 Å². The molecule has 10 nitrogen and oxygen atoms in total. The van der Waals surface area contributed by atoms with Crippen LogP contribution >= 0.6 is 11.8 Å². The van der Waals surface area contributed by atoms with Crippen LogP contribution in [0.4, 0.5) is 0 Å². The highest BCUT2D eigenvalue weighted by atomic mass is 32.2. The molecule has 50 heavy (non-hydrogen) atoms. The van der Waals surface area contributed by atoms with Gasteiger partial charge >= 0.3 is 5.97 Å². The maximum Gasteiger partial charge on any atom is 0.305 e. The average molecular weight is 734 g/mol. The van der Waals surface area contributed by atoms with Crippen molar-refractivity contribution in [1.29, 1.82) is 0 Å². The first-order valence-corrected chi connectivity index (χ1v) is 21.5. The summed E-state index contributed by atoms with van der Waals surface area (Å²) in [5.41, 5.74) is 6.19. The molecular formula is C39H79N3O7S. The Morgan fingerprint density at radius 2 is 1.06 bits per heavy atom. The van der Waals surface area contributed by atoms with Gasteiger partial charge in [-0.1, -0.05) is 129 Å². The Hall–Kier alpha value is -0.950. The Morgan fingerprint density at radius 1 is 0.580 bits per heavy atom. The van der Waals surface area contributed by atoms with E-state index in [0.29, 0.717) is 51.9 Å². The van der Waals surface area contributed by atoms with E-state index in [9.17, 15) is 9.59 Å². The van der Waals surface area contributed by atoms with Crippen molar-refractivity contribution in [3.05, 3.63) is 0 Å². The molecule has 0 saturated carbocycles. The average Bonchev–Trinajstić information content (AvgIpc) is 3.10. The Morgan fingerprint density at radius 3 is 1.60 bits per heavy atom. The van der Waals surface area contributed by atoms with E-state index in [2.05, 4.69) is 24.5 Å². The van der Waals surface area contributed by atoms with Crippen molar-refractivity contribution in [3.8, 4) is 0 Å². The molecule has 0 heterocycles. The summed E-state index contributed by atoms with van der Waals surface area (Å²) in [6.45, 7) is 9.55. The molecule has 0 saturated heterocycles. The summed E-state index contributed by atoms with van der Waals surface area (Å²) in [5.74, 6) is 0.384. The Bertz CT molecular complexity index is 723. The fourth-order valence-corrected chi connectivity index (χ4v) is 6.53. The molecule has 11 heteroatoms. The van der Waals surface area contributed by atoms with Gasteiger partial charge in [0.15, 0.2) is 0 Å². The Balaban J connectivity index is 4.12. The molecule has 1 amide bonds. The maximum absolute atomic E-state index is 12.5. The van der Waals surface area contributed by atoms with Gasteiger partial charge in [-0.3, -0.25) is 9.59 Å². The van der Waals surface area contributed by atoms with E-state index in [1.165, 1.54) is 122 Å². The normalized spacial score (nSPS) is 12.7. The van der Waals surface area contributed by atoms with Crippen LogP contribution in [0, 0.1) is 0 Å². The van der Waals surface area contributed by atoms with Gasteiger partial charge in [0.1, 0.15) is 0 Å². The number of carboxylic acids is 1. The van der Waals surface area contributed by atoms with Crippen LogP contribution in [0.25, 0.3) is 0 Å². The van der Waals surface area contributed by atoms with Gasteiger partial charge in [-0.2, -0.15) is 11.8 Å². The minimum Gasteiger partial charge on any atom is -0.481 e. The summed E-state index contributed by atoms with van der Waals surface area (Å²) in [6.07, 6.45) is 26.6. The van der Waals surface area contributed by atoms with E-state index >= 15 is 0 Å². The van der Waals surface area contributed by atoms with Gasteiger partial charge in [0.25, 0.3) is 0 Å². The third-order valence-corrected chi connectivity index (χ3v) is 9.86. The monoisotopic (exact) mass is 734 g/mol. The molecule has 0 aliphatic heterocycles. The number of carbonyl (C=O) groups excluding carboxylic acids is 1. The zero-order valence-corrected chi connectivity index (χ0v) is 33.2. The first-order chi connectivity index (χ1) is 24.5. The number of thioether (sulfide) groups is 1. The van der Waals surface area contributed by atoms with E-state index in [4.69, 9.17) is 29.8 Å². The second-order valence-corrected chi connectivity index (χ2v) is 14.6. The Kier molecular flexibility index (Phi) is 40.0. The van der Waals surface area contributed by atoms with Gasteiger partial charge in [0.05, 0.1) is 58.7 Å². The lowest BCUT2D eigenvalue weighted by atomic mass is 10.1. The molecule has 0 aliphatic rings. The molecule has 0 fully saturated rings. The molecule has 0 aliphatic carbocycles. The number of nitrogens with one attached hydrogen (secondary N) is 2. The zero-order chi connectivity index (χ0) is 36.6. The standard InChI is InChI=1S/C39H79N3O7S/c1-3-5-7-9-11-13-15-17-19-21-24-41-36(33-49-26-22-20-18-16-14-12-10-8-6-4-2)34-50-35-37(40)39(45)42-25-28-47-30-32-48-31-29-46-27-23-38(43)44/h36-37,41H,3-35,40H2,1-2H3,(H,42,45)(H,43,44)/t36-,37+/m1/s1. The number of nitrogens with two attached hydrogens (primary N) is 1. The van der Waals surface area contributed by atoms with Crippen LogP contribution in [0.5, 0.6) is 0 Å². The fourth-order valence-electron chi connectivity index (χ4n) is 5.49. The number of amides is 1. The van der Waals surface area contributed by atoms with Crippen LogP contribution in [0.15, 0.2) is 0 Å². The first kappa shape index (κ1) is 49.0. The minimum atomic E-state index is -0.877. The fraction of sp³-hybridized carbons (Fsp3) is 0.949. The molecule has 0 radical (unpaired) electrons. The van der Waals surface area contributed by atoms with Crippen LogP contribution < -0.4 is 16.4 Å². The second kappa shape index (κ2) is 40.8. The molecule has 0 bridgehead atoms. The Labute approximate surface area is 311 Å². The maximum atomic E-state index is 12.5.